The molecule has 0 bridgehead atoms. The van der Waals surface area contributed by atoms with Crippen LogP contribution in [0.5, 0.6) is 0 Å². The van der Waals surface area contributed by atoms with Crippen LogP contribution in [0.2, 0.25) is 0 Å². The maximum absolute atomic E-state index is 12.9. The lowest BCUT2D eigenvalue weighted by atomic mass is 10.3. The molecule has 0 aliphatic carbocycles. The highest BCUT2D eigenvalue weighted by molar-refractivity contribution is 5.77. The topological polar surface area (TPSA) is 54.7 Å². The Morgan fingerprint density at radius 3 is 2.83 bits per heavy atom. The fraction of sp³-hybridized carbons (Fsp3) is 0. The number of nitrogens with one attached hydrogen (secondary N) is 1. The van der Waals surface area contributed by atoms with Crippen molar-refractivity contribution in [2.75, 3.05) is 5.73 Å². The van der Waals surface area contributed by atoms with Crippen molar-refractivity contribution in [2.45, 2.75) is 0 Å². The van der Waals surface area contributed by atoms with Gasteiger partial charge in [-0.15, -0.1) is 0 Å². The predicted octanol–water partition coefficient (Wildman–Crippen LogP) is 1.42. The zero-order chi connectivity index (χ0) is 8.72. The zero-order valence-electron chi connectivity index (χ0n) is 5.94. The first kappa shape index (κ1) is 7.02. The van der Waals surface area contributed by atoms with Gasteiger partial charge in [0.2, 0.25) is 0 Å². The number of hydrogen-bond acceptors (Lipinski definition) is 2. The standard InChI is InChI=1S/C7H5F2N3/c8-3-1-4(9)6-5(2-3)11-7(10)12-6/h1-2H,(H3,10,11,12). The largest absolute Gasteiger partial charge is 0.369 e. The third-order valence-corrected chi connectivity index (χ3v) is 1.52. The summed E-state index contributed by atoms with van der Waals surface area (Å²) in [4.78, 5) is 6.16. The van der Waals surface area contributed by atoms with E-state index in [0.717, 1.165) is 12.1 Å². The Labute approximate surface area is 66.2 Å². The number of nitrogens with two attached hydrogens (primary N) is 1. The van der Waals surface area contributed by atoms with Crippen molar-refractivity contribution in [2.24, 2.45) is 0 Å². The molecule has 3 nitrogen and oxygen atoms in total. The van der Waals surface area contributed by atoms with Crippen molar-refractivity contribution in [1.82, 2.24) is 9.97 Å². The number of halogens is 2. The van der Waals surface area contributed by atoms with Gasteiger partial charge in [0.1, 0.15) is 11.3 Å². The van der Waals surface area contributed by atoms with Crippen molar-refractivity contribution in [1.29, 1.82) is 0 Å². The molecule has 5 heteroatoms. The first-order valence-electron chi connectivity index (χ1n) is 3.27. The molecule has 3 N–H and O–H groups in total. The van der Waals surface area contributed by atoms with E-state index < -0.39 is 11.6 Å². The van der Waals surface area contributed by atoms with Crippen LogP contribution in [0.3, 0.4) is 0 Å². The van der Waals surface area contributed by atoms with Crippen LogP contribution in [-0.2, 0) is 0 Å². The second kappa shape index (κ2) is 2.17. The summed E-state index contributed by atoms with van der Waals surface area (Å²) in [6, 6.07) is 1.91. The molecule has 62 valence electrons. The van der Waals surface area contributed by atoms with E-state index in [1.807, 2.05) is 0 Å². The van der Waals surface area contributed by atoms with Gasteiger partial charge in [-0.1, -0.05) is 0 Å². The number of imidazole rings is 1. The number of H-pyrrole nitrogens is 1. The van der Waals surface area contributed by atoms with E-state index in [4.69, 9.17) is 5.73 Å². The van der Waals surface area contributed by atoms with E-state index >= 15 is 0 Å². The van der Waals surface area contributed by atoms with Crippen LogP contribution in [-0.4, -0.2) is 9.97 Å². The first-order chi connectivity index (χ1) is 5.66. The number of anilines is 1. The first-order valence-corrected chi connectivity index (χ1v) is 3.27. The van der Waals surface area contributed by atoms with Crippen LogP contribution in [0.4, 0.5) is 14.7 Å². The Morgan fingerprint density at radius 2 is 2.08 bits per heavy atom. The summed E-state index contributed by atoms with van der Waals surface area (Å²) in [5.41, 5.74) is 5.59. The number of nitrogens with zero attached hydrogens (tertiary/aromatic N) is 1. The number of aromatic nitrogens is 2. The van der Waals surface area contributed by atoms with Gasteiger partial charge in [0.15, 0.2) is 11.8 Å². The Kier molecular flexibility index (Phi) is 1.27. The minimum Gasteiger partial charge on any atom is -0.369 e. The number of fused-ring (bicyclic) bond motifs is 1. The van der Waals surface area contributed by atoms with Gasteiger partial charge in [-0.25, -0.2) is 13.8 Å². The molecule has 0 saturated carbocycles. The molecule has 2 rings (SSSR count). The maximum Gasteiger partial charge on any atom is 0.198 e. The Balaban J connectivity index is 2.88. The van der Waals surface area contributed by atoms with Crippen molar-refractivity contribution in [3.63, 3.8) is 0 Å². The predicted molar refractivity (Wildman–Crippen MR) is 40.4 cm³/mol. The van der Waals surface area contributed by atoms with E-state index in [-0.39, 0.29) is 17.0 Å². The Morgan fingerprint density at radius 1 is 1.33 bits per heavy atom. The summed E-state index contributed by atoms with van der Waals surface area (Å²) in [5, 5.41) is 0. The molecular formula is C7H5F2N3. The molecule has 1 aromatic carbocycles. The number of benzene rings is 1. The lowest BCUT2D eigenvalue weighted by molar-refractivity contribution is 0.591. The molecular weight excluding hydrogens is 164 g/mol. The van der Waals surface area contributed by atoms with Crippen molar-refractivity contribution < 1.29 is 8.78 Å². The fourth-order valence-electron chi connectivity index (χ4n) is 1.06. The number of aromatic amines is 1. The Hall–Kier alpha value is -1.65. The summed E-state index contributed by atoms with van der Waals surface area (Å²) < 4.78 is 25.5. The molecule has 0 radical (unpaired) electrons. The van der Waals surface area contributed by atoms with E-state index in [9.17, 15) is 8.78 Å². The summed E-state index contributed by atoms with van der Waals surface area (Å²) >= 11 is 0. The van der Waals surface area contributed by atoms with Gasteiger partial charge < -0.3 is 10.7 Å². The molecule has 0 spiro atoms. The minimum absolute atomic E-state index is 0.0638. The molecule has 0 amide bonds. The number of nitrogen functional groups attached to an aromatic ring is 1. The average Bonchev–Trinajstić information content (AvgIpc) is 2.29. The minimum atomic E-state index is -0.710. The number of rotatable bonds is 0. The average molecular weight is 169 g/mol. The summed E-state index contributed by atoms with van der Waals surface area (Å²) in [7, 11) is 0. The maximum atomic E-state index is 12.9. The third kappa shape index (κ3) is 0.903. The van der Waals surface area contributed by atoms with Gasteiger partial charge in [-0.3, -0.25) is 0 Å². The lowest BCUT2D eigenvalue weighted by Gasteiger charge is -1.90. The van der Waals surface area contributed by atoms with Crippen LogP contribution in [0.15, 0.2) is 12.1 Å². The third-order valence-electron chi connectivity index (χ3n) is 1.52. The van der Waals surface area contributed by atoms with Crippen molar-refractivity contribution in [3.8, 4) is 0 Å². The highest BCUT2D eigenvalue weighted by Crippen LogP contribution is 2.17. The molecule has 12 heavy (non-hydrogen) atoms. The van der Waals surface area contributed by atoms with Crippen LogP contribution in [0.25, 0.3) is 11.0 Å². The van der Waals surface area contributed by atoms with Crippen LogP contribution >= 0.6 is 0 Å². The van der Waals surface area contributed by atoms with Gasteiger partial charge in [-0.05, 0) is 6.07 Å². The highest BCUT2D eigenvalue weighted by Gasteiger charge is 2.07. The molecule has 1 aromatic heterocycles. The van der Waals surface area contributed by atoms with E-state index in [2.05, 4.69) is 9.97 Å². The SMILES string of the molecule is Nc1nc2c(F)cc(F)cc2[nH]1. The van der Waals surface area contributed by atoms with Crippen LogP contribution in [0.1, 0.15) is 0 Å². The summed E-state index contributed by atoms with van der Waals surface area (Å²) in [5.74, 6) is -1.28. The van der Waals surface area contributed by atoms with Gasteiger partial charge in [0, 0.05) is 6.07 Å². The molecule has 0 atom stereocenters. The monoisotopic (exact) mass is 169 g/mol. The quantitative estimate of drug-likeness (QED) is 0.626. The van der Waals surface area contributed by atoms with Crippen LogP contribution in [0, 0.1) is 11.6 Å². The molecule has 0 fully saturated rings. The van der Waals surface area contributed by atoms with Gasteiger partial charge in [0.25, 0.3) is 0 Å². The van der Waals surface area contributed by atoms with Crippen molar-refractivity contribution >= 4 is 17.0 Å². The van der Waals surface area contributed by atoms with Gasteiger partial charge in [0.05, 0.1) is 5.52 Å². The second-order valence-corrected chi connectivity index (χ2v) is 2.41. The van der Waals surface area contributed by atoms with Crippen LogP contribution < -0.4 is 5.73 Å². The normalized spacial score (nSPS) is 10.8. The highest BCUT2D eigenvalue weighted by atomic mass is 19.1. The van der Waals surface area contributed by atoms with E-state index in [1.54, 1.807) is 0 Å². The zero-order valence-corrected chi connectivity index (χ0v) is 5.94. The molecule has 0 aliphatic heterocycles. The van der Waals surface area contributed by atoms with Gasteiger partial charge in [-0.2, -0.15) is 0 Å². The molecule has 2 aromatic rings. The number of hydrogen-bond donors (Lipinski definition) is 2. The molecule has 0 saturated heterocycles. The van der Waals surface area contributed by atoms with E-state index in [0.29, 0.717) is 0 Å². The molecule has 0 unspecified atom stereocenters. The Bertz CT molecular complexity index is 435. The molecule has 0 aliphatic rings. The lowest BCUT2D eigenvalue weighted by Crippen LogP contribution is -1.84. The second-order valence-electron chi connectivity index (χ2n) is 2.41. The van der Waals surface area contributed by atoms with Gasteiger partial charge >= 0.3 is 0 Å². The van der Waals surface area contributed by atoms with E-state index in [1.165, 1.54) is 0 Å². The molecule has 1 heterocycles. The summed E-state index contributed by atoms with van der Waals surface area (Å²) in [6.45, 7) is 0. The smallest absolute Gasteiger partial charge is 0.198 e. The fourth-order valence-corrected chi connectivity index (χ4v) is 1.06. The summed E-state index contributed by atoms with van der Waals surface area (Å²) in [6.07, 6.45) is 0. The van der Waals surface area contributed by atoms with Crippen molar-refractivity contribution in [3.05, 3.63) is 23.8 Å².